The zero-order valence-electron chi connectivity index (χ0n) is 18.5. The van der Waals surface area contributed by atoms with Gasteiger partial charge in [-0.05, 0) is 25.5 Å². The van der Waals surface area contributed by atoms with Crippen LogP contribution in [-0.2, 0) is 4.74 Å². The number of thiazole rings is 1. The van der Waals surface area contributed by atoms with E-state index in [0.717, 1.165) is 50.8 Å². The van der Waals surface area contributed by atoms with Gasteiger partial charge in [-0.25, -0.2) is 15.0 Å². The molecule has 3 N–H and O–H groups in total. The Hall–Kier alpha value is -2.79. The van der Waals surface area contributed by atoms with E-state index in [2.05, 4.69) is 35.8 Å². The summed E-state index contributed by atoms with van der Waals surface area (Å²) in [5, 5.41) is 10.4. The van der Waals surface area contributed by atoms with Crippen LogP contribution in [0.25, 0.3) is 0 Å². The number of hydrogen-bond acceptors (Lipinski definition) is 9. The van der Waals surface area contributed by atoms with Gasteiger partial charge in [0.1, 0.15) is 22.3 Å². The molecule has 1 aromatic carbocycles. The quantitative estimate of drug-likeness (QED) is 0.439. The van der Waals surface area contributed by atoms with Gasteiger partial charge in [0.25, 0.3) is 5.91 Å². The van der Waals surface area contributed by atoms with Gasteiger partial charge in [0.2, 0.25) is 0 Å². The first-order valence-corrected chi connectivity index (χ1v) is 11.9. The largest absolute Gasteiger partial charge is 0.379 e. The van der Waals surface area contributed by atoms with Crippen molar-refractivity contribution in [3.8, 4) is 0 Å². The Morgan fingerprint density at radius 1 is 1.21 bits per heavy atom. The lowest BCUT2D eigenvalue weighted by atomic mass is 10.2. The topological polar surface area (TPSA) is 104 Å². The number of ether oxygens (including phenoxy) is 1. The molecule has 3 aromatic rings. The predicted octanol–water partition coefficient (Wildman–Crippen LogP) is 3.94. The Bertz CT molecular complexity index is 1100. The predicted molar refractivity (Wildman–Crippen MR) is 132 cm³/mol. The number of carbonyl (C=O) groups excluding carboxylic acids is 1. The molecule has 1 amide bonds. The lowest BCUT2D eigenvalue weighted by Gasteiger charge is -2.26. The molecule has 0 radical (unpaired) electrons. The number of aryl methyl sites for hydroxylation is 2. The normalized spacial score (nSPS) is 14.2. The van der Waals surface area contributed by atoms with Gasteiger partial charge in [-0.2, -0.15) is 0 Å². The Morgan fingerprint density at radius 2 is 2.00 bits per heavy atom. The van der Waals surface area contributed by atoms with Crippen LogP contribution in [0.2, 0.25) is 5.02 Å². The number of nitrogens with one attached hydrogen (secondary N) is 3. The maximum Gasteiger partial charge on any atom is 0.267 e. The minimum atomic E-state index is -0.263. The van der Waals surface area contributed by atoms with Crippen molar-refractivity contribution >= 4 is 51.3 Å². The van der Waals surface area contributed by atoms with Gasteiger partial charge in [0, 0.05) is 32.2 Å². The Balaban J connectivity index is 1.36. The molecular formula is C22H26ClN7O2S. The van der Waals surface area contributed by atoms with Crippen molar-refractivity contribution in [1.82, 2.24) is 19.9 Å². The minimum Gasteiger partial charge on any atom is -0.379 e. The molecule has 11 heteroatoms. The second-order valence-corrected chi connectivity index (χ2v) is 9.04. The zero-order valence-corrected chi connectivity index (χ0v) is 20.1. The van der Waals surface area contributed by atoms with Gasteiger partial charge in [0.05, 0.1) is 30.1 Å². The Labute approximate surface area is 201 Å². The number of benzene rings is 1. The minimum absolute atomic E-state index is 0.263. The second-order valence-electron chi connectivity index (χ2n) is 7.61. The van der Waals surface area contributed by atoms with Crippen LogP contribution in [0, 0.1) is 13.8 Å². The lowest BCUT2D eigenvalue weighted by Crippen LogP contribution is -2.39. The first kappa shape index (κ1) is 23.4. The van der Waals surface area contributed by atoms with Crippen LogP contribution in [0.5, 0.6) is 0 Å². The molecule has 174 valence electrons. The van der Waals surface area contributed by atoms with E-state index >= 15 is 0 Å². The van der Waals surface area contributed by atoms with Gasteiger partial charge < -0.3 is 20.7 Å². The average molecular weight is 488 g/mol. The first-order valence-electron chi connectivity index (χ1n) is 10.7. The molecule has 0 aliphatic carbocycles. The maximum atomic E-state index is 12.7. The molecule has 2 aromatic heterocycles. The van der Waals surface area contributed by atoms with Crippen LogP contribution < -0.4 is 16.0 Å². The van der Waals surface area contributed by atoms with Gasteiger partial charge >= 0.3 is 0 Å². The molecule has 33 heavy (non-hydrogen) atoms. The first-order chi connectivity index (χ1) is 16.0. The van der Waals surface area contributed by atoms with Crippen molar-refractivity contribution in [1.29, 1.82) is 0 Å². The smallest absolute Gasteiger partial charge is 0.267 e. The average Bonchev–Trinajstić information content (AvgIpc) is 3.25. The SMILES string of the molecule is Cc1nc(NCCN2CCOCC2)cc(Nc2ncc(C(=O)Nc3c(C)cccc3Cl)s2)n1. The van der Waals surface area contributed by atoms with Gasteiger partial charge in [-0.1, -0.05) is 35.1 Å². The van der Waals surface area contributed by atoms with Crippen molar-refractivity contribution in [3.63, 3.8) is 0 Å². The number of anilines is 4. The van der Waals surface area contributed by atoms with E-state index < -0.39 is 0 Å². The van der Waals surface area contributed by atoms with E-state index in [4.69, 9.17) is 16.3 Å². The van der Waals surface area contributed by atoms with Crippen molar-refractivity contribution < 1.29 is 9.53 Å². The fraction of sp³-hybridized carbons (Fsp3) is 0.364. The highest BCUT2D eigenvalue weighted by atomic mass is 35.5. The molecule has 4 rings (SSSR count). The zero-order chi connectivity index (χ0) is 23.2. The number of nitrogens with zero attached hydrogens (tertiary/aromatic N) is 4. The number of para-hydroxylation sites is 1. The molecule has 0 unspecified atom stereocenters. The summed E-state index contributed by atoms with van der Waals surface area (Å²) in [4.78, 5) is 28.7. The number of rotatable bonds is 8. The number of amides is 1. The van der Waals surface area contributed by atoms with E-state index in [-0.39, 0.29) is 5.91 Å². The second kappa shape index (κ2) is 10.9. The highest BCUT2D eigenvalue weighted by Gasteiger charge is 2.15. The van der Waals surface area contributed by atoms with Crippen LogP contribution in [0.3, 0.4) is 0 Å². The van der Waals surface area contributed by atoms with Crippen LogP contribution in [0.15, 0.2) is 30.5 Å². The molecule has 3 heterocycles. The summed E-state index contributed by atoms with van der Waals surface area (Å²) in [6.45, 7) is 8.90. The molecule has 0 spiro atoms. The van der Waals surface area contributed by atoms with Gasteiger partial charge in [-0.15, -0.1) is 0 Å². The summed E-state index contributed by atoms with van der Waals surface area (Å²) < 4.78 is 5.38. The van der Waals surface area contributed by atoms with Crippen LogP contribution in [0.4, 0.5) is 22.5 Å². The monoisotopic (exact) mass is 487 g/mol. The fourth-order valence-electron chi connectivity index (χ4n) is 3.40. The summed E-state index contributed by atoms with van der Waals surface area (Å²) in [6.07, 6.45) is 1.53. The maximum absolute atomic E-state index is 12.7. The summed E-state index contributed by atoms with van der Waals surface area (Å²) in [7, 11) is 0. The third-order valence-corrected chi connectivity index (χ3v) is 6.33. The van der Waals surface area contributed by atoms with E-state index in [0.29, 0.717) is 32.4 Å². The molecule has 0 atom stereocenters. The van der Waals surface area contributed by atoms with E-state index in [1.54, 1.807) is 6.07 Å². The van der Waals surface area contributed by atoms with Gasteiger partial charge in [-0.3, -0.25) is 9.69 Å². The summed E-state index contributed by atoms with van der Waals surface area (Å²) in [6, 6.07) is 7.32. The number of carbonyl (C=O) groups is 1. The van der Waals surface area contributed by atoms with Crippen LogP contribution in [-0.4, -0.2) is 65.2 Å². The molecule has 1 saturated heterocycles. The Morgan fingerprint density at radius 3 is 2.79 bits per heavy atom. The number of aromatic nitrogens is 3. The third-order valence-electron chi connectivity index (χ3n) is 5.10. The summed E-state index contributed by atoms with van der Waals surface area (Å²) in [5.74, 6) is 1.72. The summed E-state index contributed by atoms with van der Waals surface area (Å²) >= 11 is 7.45. The van der Waals surface area contributed by atoms with Crippen LogP contribution in [0.1, 0.15) is 21.1 Å². The number of morpholine rings is 1. The molecule has 1 fully saturated rings. The molecule has 9 nitrogen and oxygen atoms in total. The molecule has 0 bridgehead atoms. The molecule has 1 aliphatic heterocycles. The van der Waals surface area contributed by atoms with Crippen molar-refractivity contribution in [3.05, 3.63) is 51.7 Å². The van der Waals surface area contributed by atoms with Crippen LogP contribution >= 0.6 is 22.9 Å². The van der Waals surface area contributed by atoms with Crippen molar-refractivity contribution in [2.45, 2.75) is 13.8 Å². The third kappa shape index (κ3) is 6.38. The molecular weight excluding hydrogens is 462 g/mol. The van der Waals surface area contributed by atoms with E-state index in [9.17, 15) is 4.79 Å². The number of halogens is 1. The highest BCUT2D eigenvalue weighted by molar-refractivity contribution is 7.17. The standard InChI is InChI=1S/C22H26ClN7O2S/c1-14-4-3-5-16(23)20(14)29-21(31)17-13-25-22(33-17)28-19-12-18(26-15(2)27-19)24-6-7-30-8-10-32-11-9-30/h3-5,12-13H,6-11H2,1-2H3,(H,29,31)(H2,24,25,26,27,28). The lowest BCUT2D eigenvalue weighted by molar-refractivity contribution is 0.0398. The van der Waals surface area contributed by atoms with Gasteiger partial charge in [0.15, 0.2) is 5.13 Å². The number of hydrogen-bond donors (Lipinski definition) is 3. The molecule has 0 saturated carbocycles. The summed E-state index contributed by atoms with van der Waals surface area (Å²) in [5.41, 5.74) is 1.50. The molecule has 1 aliphatic rings. The highest BCUT2D eigenvalue weighted by Crippen LogP contribution is 2.28. The van der Waals surface area contributed by atoms with Crippen molar-refractivity contribution in [2.24, 2.45) is 0 Å². The van der Waals surface area contributed by atoms with Crippen molar-refractivity contribution in [2.75, 3.05) is 55.3 Å². The fourth-order valence-corrected chi connectivity index (χ4v) is 4.39. The Kier molecular flexibility index (Phi) is 7.71. The van der Waals surface area contributed by atoms with E-state index in [1.807, 2.05) is 32.0 Å². The van der Waals surface area contributed by atoms with E-state index in [1.165, 1.54) is 17.5 Å².